The molecule has 0 amide bonds. The molecule has 0 aliphatic carbocycles. The molecule has 4 rings (SSSR count). The zero-order valence-corrected chi connectivity index (χ0v) is 15.8. The summed E-state index contributed by atoms with van der Waals surface area (Å²) in [6, 6.07) is 9.93. The Bertz CT molecular complexity index is 958. The highest BCUT2D eigenvalue weighted by molar-refractivity contribution is 7.14. The summed E-state index contributed by atoms with van der Waals surface area (Å²) in [5.41, 5.74) is 3.31. The Morgan fingerprint density at radius 3 is 2.52 bits per heavy atom. The second kappa shape index (κ2) is 7.17. The van der Waals surface area contributed by atoms with Crippen LogP contribution in [-0.4, -0.2) is 30.9 Å². The third kappa shape index (κ3) is 3.24. The van der Waals surface area contributed by atoms with Crippen molar-refractivity contribution in [1.29, 1.82) is 0 Å². The molecule has 2 aromatic carbocycles. The number of thiazole rings is 1. The van der Waals surface area contributed by atoms with Gasteiger partial charge in [0.25, 0.3) is 0 Å². The molecule has 27 heavy (non-hydrogen) atoms. The van der Waals surface area contributed by atoms with Crippen molar-refractivity contribution in [3.05, 3.63) is 58.7 Å². The van der Waals surface area contributed by atoms with Crippen LogP contribution in [0.5, 0.6) is 11.5 Å². The summed E-state index contributed by atoms with van der Waals surface area (Å²) in [7, 11) is 3.21. The van der Waals surface area contributed by atoms with Crippen molar-refractivity contribution < 1.29 is 19.0 Å². The van der Waals surface area contributed by atoms with Crippen LogP contribution in [-0.2, 0) is 6.54 Å². The number of anilines is 1. The molecule has 1 unspecified atom stereocenters. The first-order valence-electron chi connectivity index (χ1n) is 8.49. The maximum atomic E-state index is 13.1. The van der Waals surface area contributed by atoms with E-state index in [9.17, 15) is 9.50 Å². The first kappa shape index (κ1) is 17.8. The Hall–Kier alpha value is -2.64. The first-order chi connectivity index (χ1) is 13.1. The molecule has 1 N–H and O–H groups in total. The van der Waals surface area contributed by atoms with Gasteiger partial charge in [-0.2, -0.15) is 0 Å². The van der Waals surface area contributed by atoms with E-state index >= 15 is 0 Å². The summed E-state index contributed by atoms with van der Waals surface area (Å²) in [5.74, 6) is 1.10. The van der Waals surface area contributed by atoms with Crippen LogP contribution in [0.1, 0.15) is 17.2 Å². The summed E-state index contributed by atoms with van der Waals surface area (Å²) in [5, 5.41) is 13.5. The number of hydrogen-bond acceptors (Lipinski definition) is 6. The normalized spacial score (nSPS) is 16.1. The lowest BCUT2D eigenvalue weighted by Crippen LogP contribution is -2.34. The van der Waals surface area contributed by atoms with Gasteiger partial charge in [-0.1, -0.05) is 0 Å². The third-order valence-corrected chi connectivity index (χ3v) is 5.59. The molecule has 1 aliphatic rings. The summed E-state index contributed by atoms with van der Waals surface area (Å²) in [6.07, 6.45) is -0.711. The maximum absolute atomic E-state index is 13.1. The molecule has 2 heterocycles. The van der Waals surface area contributed by atoms with Gasteiger partial charge in [-0.3, -0.25) is 0 Å². The Balaban J connectivity index is 1.67. The van der Waals surface area contributed by atoms with Gasteiger partial charge in [0.15, 0.2) is 5.13 Å². The van der Waals surface area contributed by atoms with Gasteiger partial charge in [0, 0.05) is 28.6 Å². The fourth-order valence-corrected chi connectivity index (χ4v) is 4.23. The predicted molar refractivity (Wildman–Crippen MR) is 103 cm³/mol. The van der Waals surface area contributed by atoms with E-state index < -0.39 is 6.10 Å². The van der Waals surface area contributed by atoms with E-state index in [1.807, 2.05) is 22.4 Å². The Labute approximate surface area is 160 Å². The van der Waals surface area contributed by atoms with Crippen LogP contribution in [0.15, 0.2) is 41.8 Å². The van der Waals surface area contributed by atoms with Crippen molar-refractivity contribution in [2.24, 2.45) is 0 Å². The predicted octanol–water partition coefficient (Wildman–Crippen LogP) is 4.02. The number of aliphatic hydroxyl groups excluding tert-OH is 1. The van der Waals surface area contributed by atoms with Crippen LogP contribution in [0.4, 0.5) is 9.52 Å². The topological polar surface area (TPSA) is 54.8 Å². The SMILES string of the molecule is COc1ccc(OC)c2c1CN(c1nc(-c3ccc(F)cc3)cs1)CC2O. The summed E-state index contributed by atoms with van der Waals surface area (Å²) >= 11 is 1.49. The van der Waals surface area contributed by atoms with Gasteiger partial charge in [0.05, 0.1) is 26.5 Å². The van der Waals surface area contributed by atoms with Gasteiger partial charge in [0.2, 0.25) is 0 Å². The number of nitrogens with zero attached hydrogens (tertiary/aromatic N) is 2. The number of ether oxygens (including phenoxy) is 2. The molecule has 0 spiro atoms. The van der Waals surface area contributed by atoms with E-state index in [1.54, 1.807) is 26.4 Å². The largest absolute Gasteiger partial charge is 0.496 e. The van der Waals surface area contributed by atoms with E-state index in [1.165, 1.54) is 23.5 Å². The molecule has 0 fully saturated rings. The first-order valence-corrected chi connectivity index (χ1v) is 9.37. The lowest BCUT2D eigenvalue weighted by Gasteiger charge is -2.33. The quantitative estimate of drug-likeness (QED) is 0.734. The Morgan fingerprint density at radius 2 is 1.81 bits per heavy atom. The van der Waals surface area contributed by atoms with Gasteiger partial charge < -0.3 is 19.5 Å². The molecule has 1 atom stereocenters. The molecule has 1 aliphatic heterocycles. The van der Waals surface area contributed by atoms with E-state index in [-0.39, 0.29) is 5.82 Å². The summed E-state index contributed by atoms with van der Waals surface area (Å²) in [4.78, 5) is 6.70. The van der Waals surface area contributed by atoms with E-state index in [4.69, 9.17) is 9.47 Å². The number of aliphatic hydroxyl groups is 1. The molecule has 0 saturated carbocycles. The molecule has 1 aromatic heterocycles. The van der Waals surface area contributed by atoms with Gasteiger partial charge in [-0.15, -0.1) is 11.3 Å². The fraction of sp³-hybridized carbons (Fsp3) is 0.250. The average Bonchev–Trinajstić information content (AvgIpc) is 3.17. The van der Waals surface area contributed by atoms with Crippen molar-refractivity contribution >= 4 is 16.5 Å². The lowest BCUT2D eigenvalue weighted by molar-refractivity contribution is 0.169. The highest BCUT2D eigenvalue weighted by atomic mass is 32.1. The van der Waals surface area contributed by atoms with Gasteiger partial charge in [-0.25, -0.2) is 9.37 Å². The second-order valence-corrected chi connectivity index (χ2v) is 7.12. The number of β-amino-alcohol motifs (C(OH)–C–C–N with tert-alkyl or cyclic N) is 1. The zero-order valence-electron chi connectivity index (χ0n) is 15.0. The number of rotatable bonds is 4. The van der Waals surface area contributed by atoms with Crippen LogP contribution in [0, 0.1) is 5.82 Å². The molecule has 3 aromatic rings. The summed E-state index contributed by atoms with van der Waals surface area (Å²) < 4.78 is 24.0. The van der Waals surface area contributed by atoms with E-state index in [0.717, 1.165) is 27.5 Å². The highest BCUT2D eigenvalue weighted by Gasteiger charge is 2.31. The van der Waals surface area contributed by atoms with Crippen LogP contribution in [0.25, 0.3) is 11.3 Å². The molecule has 5 nitrogen and oxygen atoms in total. The van der Waals surface area contributed by atoms with Crippen LogP contribution in [0.2, 0.25) is 0 Å². The number of methoxy groups -OCH3 is 2. The minimum Gasteiger partial charge on any atom is -0.496 e. The molecule has 7 heteroatoms. The monoisotopic (exact) mass is 386 g/mol. The van der Waals surface area contributed by atoms with Crippen LogP contribution in [0.3, 0.4) is 0 Å². The minimum absolute atomic E-state index is 0.272. The molecule has 0 radical (unpaired) electrons. The van der Waals surface area contributed by atoms with Gasteiger partial charge in [-0.05, 0) is 36.4 Å². The van der Waals surface area contributed by atoms with E-state index in [0.29, 0.717) is 24.6 Å². The lowest BCUT2D eigenvalue weighted by atomic mass is 9.95. The Morgan fingerprint density at radius 1 is 1.11 bits per heavy atom. The number of halogens is 1. The van der Waals surface area contributed by atoms with Crippen LogP contribution >= 0.6 is 11.3 Å². The standard InChI is InChI=1S/C20H19FN2O3S/c1-25-17-7-8-18(26-2)19-14(17)9-23(10-16(19)24)20-22-15(11-27-20)12-3-5-13(21)6-4-12/h3-8,11,16,24H,9-10H2,1-2H3. The minimum atomic E-state index is -0.711. The van der Waals surface area contributed by atoms with Crippen LogP contribution < -0.4 is 14.4 Å². The van der Waals surface area contributed by atoms with Crippen molar-refractivity contribution in [3.63, 3.8) is 0 Å². The highest BCUT2D eigenvalue weighted by Crippen LogP contribution is 2.41. The molecule has 140 valence electrons. The average molecular weight is 386 g/mol. The molecular weight excluding hydrogens is 367 g/mol. The van der Waals surface area contributed by atoms with Crippen molar-refractivity contribution in [3.8, 4) is 22.8 Å². The second-order valence-electron chi connectivity index (χ2n) is 6.28. The number of aromatic nitrogens is 1. The third-order valence-electron chi connectivity index (χ3n) is 4.69. The van der Waals surface area contributed by atoms with Crippen molar-refractivity contribution in [1.82, 2.24) is 4.98 Å². The van der Waals surface area contributed by atoms with Crippen molar-refractivity contribution in [2.45, 2.75) is 12.6 Å². The number of fused-ring (bicyclic) bond motifs is 1. The Kier molecular flexibility index (Phi) is 4.72. The zero-order chi connectivity index (χ0) is 19.0. The van der Waals surface area contributed by atoms with Gasteiger partial charge >= 0.3 is 0 Å². The van der Waals surface area contributed by atoms with Crippen molar-refractivity contribution in [2.75, 3.05) is 25.7 Å². The molecular formula is C20H19FN2O3S. The molecule has 0 bridgehead atoms. The number of hydrogen-bond donors (Lipinski definition) is 1. The van der Waals surface area contributed by atoms with Gasteiger partial charge in [0.1, 0.15) is 23.4 Å². The van der Waals surface area contributed by atoms with E-state index in [2.05, 4.69) is 4.98 Å². The molecule has 0 saturated heterocycles. The number of benzene rings is 2. The fourth-order valence-electron chi connectivity index (χ4n) is 3.38. The smallest absolute Gasteiger partial charge is 0.186 e. The maximum Gasteiger partial charge on any atom is 0.186 e. The summed E-state index contributed by atoms with van der Waals surface area (Å²) in [6.45, 7) is 0.968.